The first kappa shape index (κ1) is 16.5. The Balaban J connectivity index is 1.81. The molecule has 1 unspecified atom stereocenters. The van der Waals surface area contributed by atoms with E-state index in [2.05, 4.69) is 28.5 Å². The summed E-state index contributed by atoms with van der Waals surface area (Å²) < 4.78 is 7.59. The van der Waals surface area contributed by atoms with E-state index in [4.69, 9.17) is 4.74 Å². The van der Waals surface area contributed by atoms with Crippen molar-refractivity contribution in [3.8, 4) is 5.75 Å². The molecule has 0 saturated carbocycles. The van der Waals surface area contributed by atoms with E-state index in [1.807, 2.05) is 48.2 Å². The standard InChI is InChI=1S/C20H23N2O2S/c1-15-4-6-16(7-5-15)20(23)14-21-12-3-13-25-19(21)22(20)17-8-10-18(24-2)11-9-17/h4-11,23H,3,12-14H2,1-2H3/q+1. The molecule has 0 spiro atoms. The fraction of sp³-hybridized carbons (Fsp3) is 0.350. The quantitative estimate of drug-likeness (QED) is 0.858. The molecule has 2 aromatic rings. The highest BCUT2D eigenvalue weighted by Crippen LogP contribution is 2.40. The topological polar surface area (TPSA) is 35.7 Å². The average Bonchev–Trinajstić information content (AvgIpc) is 2.95. The van der Waals surface area contributed by atoms with Gasteiger partial charge in [0.15, 0.2) is 6.54 Å². The minimum Gasteiger partial charge on any atom is -0.497 e. The van der Waals surface area contributed by atoms with E-state index in [1.54, 1.807) is 7.11 Å². The van der Waals surface area contributed by atoms with Crippen LogP contribution < -0.4 is 9.64 Å². The third-order valence-electron chi connectivity index (χ3n) is 4.89. The van der Waals surface area contributed by atoms with Crippen molar-refractivity contribution in [1.82, 2.24) is 0 Å². The lowest BCUT2D eigenvalue weighted by atomic mass is 10.00. The predicted octanol–water partition coefficient (Wildman–Crippen LogP) is 3.17. The lowest BCUT2D eigenvalue weighted by Gasteiger charge is -2.28. The number of aryl methyl sites for hydroxylation is 1. The largest absolute Gasteiger partial charge is 0.497 e. The van der Waals surface area contributed by atoms with Crippen LogP contribution in [0.2, 0.25) is 0 Å². The number of hydrogen-bond donors (Lipinski definition) is 1. The summed E-state index contributed by atoms with van der Waals surface area (Å²) in [7, 11) is 1.67. The van der Waals surface area contributed by atoms with E-state index in [-0.39, 0.29) is 0 Å². The zero-order chi connectivity index (χ0) is 17.4. The van der Waals surface area contributed by atoms with Crippen LogP contribution in [0.25, 0.3) is 0 Å². The molecule has 0 amide bonds. The first-order chi connectivity index (χ1) is 12.1. The van der Waals surface area contributed by atoms with Crippen LogP contribution in [0.5, 0.6) is 5.75 Å². The molecule has 2 aromatic carbocycles. The van der Waals surface area contributed by atoms with Crippen molar-refractivity contribution in [3.63, 3.8) is 0 Å². The van der Waals surface area contributed by atoms with Gasteiger partial charge in [0.2, 0.25) is 0 Å². The number of thioether (sulfide) groups is 1. The molecular weight excluding hydrogens is 332 g/mol. The van der Waals surface area contributed by atoms with E-state index >= 15 is 0 Å². The van der Waals surface area contributed by atoms with Crippen molar-refractivity contribution >= 4 is 22.6 Å². The second-order valence-corrected chi connectivity index (χ2v) is 7.68. The van der Waals surface area contributed by atoms with Crippen LogP contribution in [0, 0.1) is 6.92 Å². The van der Waals surface area contributed by atoms with Crippen LogP contribution in [0.4, 0.5) is 5.69 Å². The van der Waals surface area contributed by atoms with Gasteiger partial charge in [0.25, 0.3) is 5.72 Å². The van der Waals surface area contributed by atoms with Gasteiger partial charge in [0, 0.05) is 11.3 Å². The van der Waals surface area contributed by atoms with Crippen LogP contribution in [0.1, 0.15) is 17.5 Å². The van der Waals surface area contributed by atoms with Crippen LogP contribution in [0.3, 0.4) is 0 Å². The monoisotopic (exact) mass is 355 g/mol. The molecule has 0 bridgehead atoms. The van der Waals surface area contributed by atoms with Gasteiger partial charge < -0.3 is 9.84 Å². The number of rotatable bonds is 3. The average molecular weight is 355 g/mol. The molecule has 2 heterocycles. The number of aliphatic hydroxyl groups is 1. The Labute approximate surface area is 152 Å². The van der Waals surface area contributed by atoms with Gasteiger partial charge in [-0.3, -0.25) is 0 Å². The molecule has 5 heteroatoms. The predicted molar refractivity (Wildman–Crippen MR) is 103 cm³/mol. The van der Waals surface area contributed by atoms with Crippen LogP contribution >= 0.6 is 11.8 Å². The first-order valence-electron chi connectivity index (χ1n) is 8.60. The Morgan fingerprint density at radius 3 is 2.52 bits per heavy atom. The van der Waals surface area contributed by atoms with Gasteiger partial charge >= 0.3 is 5.17 Å². The molecule has 2 aliphatic heterocycles. The maximum atomic E-state index is 11.7. The summed E-state index contributed by atoms with van der Waals surface area (Å²) in [6.07, 6.45) is 1.15. The van der Waals surface area contributed by atoms with Crippen LogP contribution in [0.15, 0.2) is 48.5 Å². The molecule has 4 nitrogen and oxygen atoms in total. The van der Waals surface area contributed by atoms with E-state index in [0.29, 0.717) is 6.54 Å². The summed E-state index contributed by atoms with van der Waals surface area (Å²) in [4.78, 5) is 2.08. The zero-order valence-electron chi connectivity index (χ0n) is 14.6. The lowest BCUT2D eigenvalue weighted by molar-refractivity contribution is -0.532. The van der Waals surface area contributed by atoms with Gasteiger partial charge in [-0.1, -0.05) is 29.8 Å². The third kappa shape index (κ3) is 2.81. The molecule has 0 aromatic heterocycles. The van der Waals surface area contributed by atoms with Crippen molar-refractivity contribution in [2.45, 2.75) is 19.1 Å². The minimum atomic E-state index is -1.06. The highest BCUT2D eigenvalue weighted by atomic mass is 32.2. The molecule has 25 heavy (non-hydrogen) atoms. The summed E-state index contributed by atoms with van der Waals surface area (Å²) in [6, 6.07) is 16.1. The van der Waals surface area contributed by atoms with Crippen molar-refractivity contribution < 1.29 is 14.4 Å². The second kappa shape index (κ2) is 6.39. The van der Waals surface area contributed by atoms with E-state index in [9.17, 15) is 5.11 Å². The summed E-state index contributed by atoms with van der Waals surface area (Å²) in [5.74, 6) is 1.91. The van der Waals surface area contributed by atoms with Gasteiger partial charge in [-0.05, 0) is 49.4 Å². The Hall–Kier alpha value is -1.98. The molecule has 0 fully saturated rings. The molecular formula is C20H23N2O2S+. The second-order valence-electron chi connectivity index (χ2n) is 6.62. The Morgan fingerprint density at radius 1 is 1.12 bits per heavy atom. The van der Waals surface area contributed by atoms with Crippen LogP contribution in [-0.4, -0.2) is 40.8 Å². The molecule has 0 radical (unpaired) electrons. The number of amidine groups is 1. The summed E-state index contributed by atoms with van der Waals surface area (Å²) in [6.45, 7) is 3.64. The molecule has 0 aliphatic carbocycles. The number of nitrogens with zero attached hydrogens (tertiary/aromatic N) is 2. The van der Waals surface area contributed by atoms with Crippen molar-refractivity contribution in [2.75, 3.05) is 30.9 Å². The van der Waals surface area contributed by atoms with Crippen LogP contribution in [-0.2, 0) is 5.72 Å². The van der Waals surface area contributed by atoms with Crippen molar-refractivity contribution in [1.29, 1.82) is 0 Å². The normalized spacial score (nSPS) is 22.9. The molecule has 0 saturated heterocycles. The Bertz CT molecular complexity index is 801. The van der Waals surface area contributed by atoms with E-state index < -0.39 is 5.72 Å². The number of anilines is 1. The van der Waals surface area contributed by atoms with Gasteiger partial charge in [0.05, 0.1) is 13.7 Å². The van der Waals surface area contributed by atoms with Gasteiger partial charge in [0.1, 0.15) is 11.4 Å². The maximum absolute atomic E-state index is 11.7. The molecule has 1 N–H and O–H groups in total. The summed E-state index contributed by atoms with van der Waals surface area (Å²) in [5, 5.41) is 12.9. The summed E-state index contributed by atoms with van der Waals surface area (Å²) >= 11 is 1.82. The summed E-state index contributed by atoms with van der Waals surface area (Å²) in [5.41, 5.74) is 2.04. The highest BCUT2D eigenvalue weighted by Gasteiger charge is 2.55. The minimum absolute atomic E-state index is 0.588. The molecule has 2 aliphatic rings. The Kier molecular flexibility index (Phi) is 4.21. The first-order valence-corrected chi connectivity index (χ1v) is 9.59. The van der Waals surface area contributed by atoms with Gasteiger partial charge in [-0.25, -0.2) is 4.58 Å². The highest BCUT2D eigenvalue weighted by molar-refractivity contribution is 8.14. The SMILES string of the molecule is COc1ccc(N2C3=[N+](CCCS3)CC2(O)c2ccc(C)cc2)cc1. The fourth-order valence-electron chi connectivity index (χ4n) is 3.55. The van der Waals surface area contributed by atoms with Crippen molar-refractivity contribution in [2.24, 2.45) is 0 Å². The van der Waals surface area contributed by atoms with Crippen molar-refractivity contribution in [3.05, 3.63) is 59.7 Å². The lowest BCUT2D eigenvalue weighted by Crippen LogP contribution is -2.46. The van der Waals surface area contributed by atoms with Gasteiger partial charge in [-0.15, -0.1) is 0 Å². The van der Waals surface area contributed by atoms with E-state index in [0.717, 1.165) is 40.9 Å². The number of methoxy groups -OCH3 is 1. The third-order valence-corrected chi connectivity index (χ3v) is 6.08. The molecule has 130 valence electrons. The zero-order valence-corrected chi connectivity index (χ0v) is 15.4. The number of benzene rings is 2. The number of hydrogen-bond acceptors (Lipinski definition) is 4. The Morgan fingerprint density at radius 2 is 1.84 bits per heavy atom. The molecule has 4 rings (SSSR count). The van der Waals surface area contributed by atoms with Gasteiger partial charge in [-0.2, -0.15) is 4.90 Å². The molecule has 1 atom stereocenters. The fourth-order valence-corrected chi connectivity index (χ4v) is 4.73. The smallest absolute Gasteiger partial charge is 0.316 e. The number of ether oxygens (including phenoxy) is 1. The maximum Gasteiger partial charge on any atom is 0.316 e. The van der Waals surface area contributed by atoms with E-state index in [1.165, 1.54) is 5.56 Å².